The van der Waals surface area contributed by atoms with Crippen LogP contribution in [0, 0.1) is 0 Å². The Kier molecular flexibility index (Phi) is 6.80. The first kappa shape index (κ1) is 21.0. The number of amides is 1. The molecular formula is C18H17N5O6S. The summed E-state index contributed by atoms with van der Waals surface area (Å²) in [5.74, 6) is -1.51. The van der Waals surface area contributed by atoms with Crippen LogP contribution in [0.1, 0.15) is 22.5 Å². The van der Waals surface area contributed by atoms with E-state index in [0.717, 1.165) is 11.8 Å². The largest absolute Gasteiger partial charge is 0.481 e. The number of ether oxygens (including phenoxy) is 2. The molecule has 0 bridgehead atoms. The molecule has 0 spiro atoms. The van der Waals surface area contributed by atoms with Crippen LogP contribution in [0.3, 0.4) is 0 Å². The number of carbonyl (C=O) groups is 3. The molecule has 1 atom stereocenters. The molecule has 1 amide bonds. The van der Waals surface area contributed by atoms with Crippen LogP contribution < -0.4 is 10.1 Å². The minimum absolute atomic E-state index is 0.0547. The number of aliphatic carboxylic acids is 1. The number of methoxy groups -OCH3 is 1. The van der Waals surface area contributed by atoms with Gasteiger partial charge in [-0.1, -0.05) is 23.9 Å². The van der Waals surface area contributed by atoms with Crippen LogP contribution in [0.4, 0.5) is 0 Å². The minimum atomic E-state index is -1.06. The summed E-state index contributed by atoms with van der Waals surface area (Å²) < 4.78 is 11.8. The Labute approximate surface area is 174 Å². The smallest absolute Gasteiger partial charge is 0.358 e. The van der Waals surface area contributed by atoms with Gasteiger partial charge in [-0.2, -0.15) is 10.2 Å². The fourth-order valence-corrected chi connectivity index (χ4v) is 3.31. The number of carbonyl (C=O) groups excluding carboxylic acids is 2. The fourth-order valence-electron chi connectivity index (χ4n) is 2.39. The van der Waals surface area contributed by atoms with Crippen molar-refractivity contribution in [2.75, 3.05) is 7.11 Å². The molecule has 156 valence electrons. The Bertz CT molecular complexity index is 1020. The van der Waals surface area contributed by atoms with Crippen LogP contribution in [0.2, 0.25) is 0 Å². The number of aromatic nitrogens is 2. The van der Waals surface area contributed by atoms with Crippen molar-refractivity contribution in [3.63, 3.8) is 0 Å². The van der Waals surface area contributed by atoms with Gasteiger partial charge >= 0.3 is 11.9 Å². The van der Waals surface area contributed by atoms with Crippen LogP contribution in [0.25, 0.3) is 0 Å². The number of nitrogens with one attached hydrogen (secondary N) is 1. The number of nitrogens with zero attached hydrogens (tertiary/aromatic N) is 4. The molecule has 0 aliphatic carbocycles. The van der Waals surface area contributed by atoms with Gasteiger partial charge in [0.2, 0.25) is 5.91 Å². The summed E-state index contributed by atoms with van der Waals surface area (Å²) in [4.78, 5) is 33.9. The molecular weight excluding hydrogens is 414 g/mol. The maximum absolute atomic E-state index is 11.7. The molecule has 2 N–H and O–H groups in total. The van der Waals surface area contributed by atoms with Gasteiger partial charge in [-0.05, 0) is 18.2 Å². The van der Waals surface area contributed by atoms with E-state index in [0.29, 0.717) is 11.3 Å². The highest BCUT2D eigenvalue weighted by molar-refractivity contribution is 8.15. The van der Waals surface area contributed by atoms with Gasteiger partial charge < -0.3 is 19.9 Å². The second-order valence-electron chi connectivity index (χ2n) is 5.89. The molecule has 2 aromatic rings. The number of para-hydroxylation sites is 1. The highest BCUT2D eigenvalue weighted by Gasteiger charge is 2.32. The van der Waals surface area contributed by atoms with E-state index in [9.17, 15) is 14.4 Å². The standard InChI is InChI=1S/C18H17N5O6S/c1-28-17(27)12-6-7-23(22-12)10-29-13-5-3-2-4-11(13)9-19-21-18-20-16(26)14(30-18)8-15(24)25/h2-7,9,14H,8,10H2,1H3,(H,24,25)(H,20,21,26). The summed E-state index contributed by atoms with van der Waals surface area (Å²) in [6.07, 6.45) is 2.74. The van der Waals surface area contributed by atoms with E-state index in [1.165, 1.54) is 24.1 Å². The predicted molar refractivity (Wildman–Crippen MR) is 107 cm³/mol. The third kappa shape index (κ3) is 5.44. The summed E-state index contributed by atoms with van der Waals surface area (Å²) in [6, 6.07) is 8.58. The lowest BCUT2D eigenvalue weighted by molar-refractivity contribution is -0.138. The van der Waals surface area contributed by atoms with E-state index in [2.05, 4.69) is 25.4 Å². The zero-order valence-corrected chi connectivity index (χ0v) is 16.5. The van der Waals surface area contributed by atoms with Gasteiger partial charge in [0.1, 0.15) is 11.0 Å². The highest BCUT2D eigenvalue weighted by atomic mass is 32.2. The second kappa shape index (κ2) is 9.69. The summed E-state index contributed by atoms with van der Waals surface area (Å²) in [5, 5.41) is 22.7. The topological polar surface area (TPSA) is 144 Å². The van der Waals surface area contributed by atoms with Crippen molar-refractivity contribution < 1.29 is 29.0 Å². The molecule has 11 nitrogen and oxygen atoms in total. The average Bonchev–Trinajstić information content (AvgIpc) is 3.33. The maximum atomic E-state index is 11.7. The monoisotopic (exact) mass is 431 g/mol. The first-order valence-electron chi connectivity index (χ1n) is 8.60. The van der Waals surface area contributed by atoms with Crippen LogP contribution in [0.15, 0.2) is 46.7 Å². The maximum Gasteiger partial charge on any atom is 0.358 e. The number of amidine groups is 1. The number of benzene rings is 1. The number of hydrogen-bond donors (Lipinski definition) is 2. The van der Waals surface area contributed by atoms with E-state index in [4.69, 9.17) is 9.84 Å². The molecule has 1 unspecified atom stereocenters. The van der Waals surface area contributed by atoms with E-state index >= 15 is 0 Å². The lowest BCUT2D eigenvalue weighted by Gasteiger charge is -2.08. The third-order valence-electron chi connectivity index (χ3n) is 3.79. The van der Waals surface area contributed by atoms with E-state index < -0.39 is 23.1 Å². The SMILES string of the molecule is COC(=O)c1ccn(COc2ccccc2C=NN=C2NC(=O)C(CC(=O)O)S2)n1. The Balaban J connectivity index is 1.63. The average molecular weight is 431 g/mol. The quantitative estimate of drug-likeness (QED) is 0.359. The van der Waals surface area contributed by atoms with E-state index in [1.54, 1.807) is 30.5 Å². The molecule has 1 aliphatic rings. The number of rotatable bonds is 8. The van der Waals surface area contributed by atoms with Gasteiger partial charge in [-0.25, -0.2) is 9.48 Å². The van der Waals surface area contributed by atoms with Crippen molar-refractivity contribution in [2.45, 2.75) is 18.4 Å². The number of hydrogen-bond acceptors (Lipinski definition) is 9. The molecule has 12 heteroatoms. The molecule has 1 saturated heterocycles. The second-order valence-corrected chi connectivity index (χ2v) is 7.08. The summed E-state index contributed by atoms with van der Waals surface area (Å²) in [6.45, 7) is 0.0547. The van der Waals surface area contributed by atoms with Crippen LogP contribution in [-0.4, -0.2) is 56.5 Å². The zero-order chi connectivity index (χ0) is 21.5. The number of thioether (sulfide) groups is 1. The van der Waals surface area contributed by atoms with Crippen molar-refractivity contribution in [3.8, 4) is 5.75 Å². The normalized spacial score (nSPS) is 17.3. The van der Waals surface area contributed by atoms with Crippen molar-refractivity contribution in [1.29, 1.82) is 0 Å². The minimum Gasteiger partial charge on any atom is -0.481 e. The van der Waals surface area contributed by atoms with Crippen LogP contribution >= 0.6 is 11.8 Å². The third-order valence-corrected chi connectivity index (χ3v) is 4.86. The summed E-state index contributed by atoms with van der Waals surface area (Å²) in [5.41, 5.74) is 0.794. The van der Waals surface area contributed by atoms with Crippen LogP contribution in [0.5, 0.6) is 5.75 Å². The number of carboxylic acids is 1. The van der Waals surface area contributed by atoms with Gasteiger partial charge in [0.15, 0.2) is 17.6 Å². The van der Waals surface area contributed by atoms with Crippen molar-refractivity contribution in [1.82, 2.24) is 15.1 Å². The van der Waals surface area contributed by atoms with Crippen LogP contribution in [-0.2, 0) is 21.1 Å². The van der Waals surface area contributed by atoms with Gasteiger partial charge in [0.25, 0.3) is 0 Å². The summed E-state index contributed by atoms with van der Waals surface area (Å²) in [7, 11) is 1.28. The zero-order valence-electron chi connectivity index (χ0n) is 15.7. The number of carboxylic acid groups (broad SMARTS) is 1. The fraction of sp³-hybridized carbons (Fsp3) is 0.222. The Morgan fingerprint density at radius 2 is 2.17 bits per heavy atom. The molecule has 2 heterocycles. The number of esters is 1. The molecule has 1 aromatic heterocycles. The molecule has 1 aliphatic heterocycles. The lowest BCUT2D eigenvalue weighted by Crippen LogP contribution is -2.26. The molecule has 0 radical (unpaired) electrons. The molecule has 1 aromatic carbocycles. The summed E-state index contributed by atoms with van der Waals surface area (Å²) >= 11 is 1.01. The Morgan fingerprint density at radius 1 is 1.37 bits per heavy atom. The Hall–Kier alpha value is -3.67. The first-order chi connectivity index (χ1) is 14.5. The molecule has 3 rings (SSSR count). The van der Waals surface area contributed by atoms with Gasteiger partial charge in [0, 0.05) is 11.8 Å². The first-order valence-corrected chi connectivity index (χ1v) is 9.48. The van der Waals surface area contributed by atoms with Crippen molar-refractivity contribution in [2.24, 2.45) is 10.2 Å². The van der Waals surface area contributed by atoms with Gasteiger partial charge in [0.05, 0.1) is 19.7 Å². The predicted octanol–water partition coefficient (Wildman–Crippen LogP) is 1.10. The van der Waals surface area contributed by atoms with Crippen molar-refractivity contribution >= 4 is 41.0 Å². The highest BCUT2D eigenvalue weighted by Crippen LogP contribution is 2.22. The van der Waals surface area contributed by atoms with Crippen molar-refractivity contribution in [3.05, 3.63) is 47.8 Å². The molecule has 0 saturated carbocycles. The van der Waals surface area contributed by atoms with E-state index in [1.807, 2.05) is 0 Å². The molecule has 1 fully saturated rings. The van der Waals surface area contributed by atoms with Gasteiger partial charge in [-0.3, -0.25) is 9.59 Å². The molecule has 30 heavy (non-hydrogen) atoms. The van der Waals surface area contributed by atoms with E-state index in [-0.39, 0.29) is 24.0 Å². The lowest BCUT2D eigenvalue weighted by atomic mass is 10.2. The Morgan fingerprint density at radius 3 is 2.93 bits per heavy atom. The van der Waals surface area contributed by atoms with Gasteiger partial charge in [-0.15, -0.1) is 5.10 Å².